The van der Waals surface area contributed by atoms with E-state index in [1.54, 1.807) is 70.5 Å². The maximum absolute atomic E-state index is 15.5. The zero-order valence-corrected chi connectivity index (χ0v) is 24.5. The number of aromatic nitrogens is 9. The molecule has 3 N–H and O–H groups in total. The van der Waals surface area contributed by atoms with E-state index in [0.29, 0.717) is 22.6 Å². The van der Waals surface area contributed by atoms with Crippen molar-refractivity contribution < 1.29 is 19.0 Å². The molecule has 1 atom stereocenters. The Morgan fingerprint density at radius 1 is 1.00 bits per heavy atom. The minimum absolute atomic E-state index is 0.00852. The standard InChI is InChI=1S/C31H26ClFN10O2/c32-24-6-8-27(41-14-13-36-39-41)28(29(24)33)21-5-7-25(35-15-21)30(26-18-42(40-38-26)23-9-11-34-12-10-23)43-17-22(16-37-43)19-1-3-20(4-2-19)31(44)45/h1-8,13-18,23,30,34H,9-12H2,(H,44,45)/p+1. The van der Waals surface area contributed by atoms with Gasteiger partial charge in [0, 0.05) is 28.6 Å². The van der Waals surface area contributed by atoms with Crippen LogP contribution >= 0.6 is 11.6 Å². The van der Waals surface area contributed by atoms with Crippen molar-refractivity contribution in [3.05, 3.63) is 114 Å². The van der Waals surface area contributed by atoms with Gasteiger partial charge < -0.3 is 10.4 Å². The highest BCUT2D eigenvalue weighted by Gasteiger charge is 2.26. The van der Waals surface area contributed by atoms with Crippen LogP contribution in [0.15, 0.2) is 85.7 Å². The lowest BCUT2D eigenvalue weighted by molar-refractivity contribution is -0.659. The molecule has 0 spiro atoms. The van der Waals surface area contributed by atoms with E-state index in [2.05, 4.69) is 31.0 Å². The zero-order valence-electron chi connectivity index (χ0n) is 23.8. The lowest BCUT2D eigenvalue weighted by Crippen LogP contribution is -2.33. The average Bonchev–Trinajstić information content (AvgIpc) is 3.87. The number of rotatable bonds is 8. The Morgan fingerprint density at radius 3 is 2.51 bits per heavy atom. The predicted octanol–water partition coefficient (Wildman–Crippen LogP) is 4.26. The predicted molar refractivity (Wildman–Crippen MR) is 161 cm³/mol. The summed E-state index contributed by atoms with van der Waals surface area (Å²) in [5.74, 6) is -1.56. The molecule has 1 fully saturated rings. The molecule has 14 heteroatoms. The molecule has 0 amide bonds. The van der Waals surface area contributed by atoms with E-state index < -0.39 is 17.8 Å². The first-order valence-corrected chi connectivity index (χ1v) is 14.7. The Hall–Kier alpha value is -5.27. The first-order chi connectivity index (χ1) is 22.0. The molecule has 4 aromatic heterocycles. The van der Waals surface area contributed by atoms with Crippen molar-refractivity contribution in [2.75, 3.05) is 13.1 Å². The first-order valence-electron chi connectivity index (χ1n) is 14.3. The number of carbonyl (C=O) groups is 1. The molecule has 1 unspecified atom stereocenters. The van der Waals surface area contributed by atoms with Crippen LogP contribution in [0.2, 0.25) is 5.02 Å². The second-order valence-electron chi connectivity index (χ2n) is 10.7. The summed E-state index contributed by atoms with van der Waals surface area (Å²) >= 11 is 6.19. The molecule has 0 bridgehead atoms. The largest absolute Gasteiger partial charge is 0.478 e. The van der Waals surface area contributed by atoms with Crippen LogP contribution < -0.4 is 10.00 Å². The SMILES string of the molecule is O=C(O)c1ccc(-c2cnn(C(c3ccc(-c4c(-[n+]5ccn[nH]5)ccc(Cl)c4F)cn3)c3cn(C4CCNCC4)nn3)c2)cc1. The summed E-state index contributed by atoms with van der Waals surface area (Å²) in [5, 5.41) is 33.1. The molecule has 1 saturated heterocycles. The maximum atomic E-state index is 15.5. The summed E-state index contributed by atoms with van der Waals surface area (Å²) in [4.78, 5) is 16.1. The summed E-state index contributed by atoms with van der Waals surface area (Å²) in [7, 11) is 0. The van der Waals surface area contributed by atoms with Crippen LogP contribution in [0.25, 0.3) is 27.9 Å². The molecule has 6 aromatic rings. The Balaban J connectivity index is 1.28. The molecule has 12 nitrogen and oxygen atoms in total. The van der Waals surface area contributed by atoms with Gasteiger partial charge in [-0.05, 0) is 61.8 Å². The number of nitrogens with one attached hydrogen (secondary N) is 2. The van der Waals surface area contributed by atoms with E-state index in [4.69, 9.17) is 16.6 Å². The third-order valence-corrected chi connectivity index (χ3v) is 8.26. The summed E-state index contributed by atoms with van der Waals surface area (Å²) in [6, 6.07) is 13.1. The average molecular weight is 626 g/mol. The highest BCUT2D eigenvalue weighted by atomic mass is 35.5. The van der Waals surface area contributed by atoms with E-state index in [9.17, 15) is 9.90 Å². The van der Waals surface area contributed by atoms with Gasteiger partial charge in [0.1, 0.15) is 11.7 Å². The summed E-state index contributed by atoms with van der Waals surface area (Å²) < 4.78 is 20.7. The molecule has 1 aliphatic rings. The number of pyridine rings is 1. The molecule has 226 valence electrons. The lowest BCUT2D eigenvalue weighted by Gasteiger charge is -2.22. The van der Waals surface area contributed by atoms with Crippen LogP contribution in [0.5, 0.6) is 0 Å². The van der Waals surface area contributed by atoms with Crippen molar-refractivity contribution in [1.29, 1.82) is 0 Å². The van der Waals surface area contributed by atoms with Crippen LogP contribution in [0, 0.1) is 5.82 Å². The molecule has 2 aromatic carbocycles. The minimum Gasteiger partial charge on any atom is -0.478 e. The lowest BCUT2D eigenvalue weighted by atomic mass is 10.0. The van der Waals surface area contributed by atoms with Crippen molar-refractivity contribution in [2.45, 2.75) is 24.9 Å². The van der Waals surface area contributed by atoms with Crippen LogP contribution in [-0.2, 0) is 0 Å². The Kier molecular flexibility index (Phi) is 7.61. The molecule has 0 radical (unpaired) electrons. The van der Waals surface area contributed by atoms with Crippen LogP contribution in [0.3, 0.4) is 0 Å². The van der Waals surface area contributed by atoms with Crippen LogP contribution in [-0.4, -0.2) is 64.2 Å². The number of H-pyrrole nitrogens is 1. The van der Waals surface area contributed by atoms with Gasteiger partial charge >= 0.3 is 5.97 Å². The van der Waals surface area contributed by atoms with Gasteiger partial charge in [-0.3, -0.25) is 9.67 Å². The van der Waals surface area contributed by atoms with Gasteiger partial charge in [0.25, 0.3) is 0 Å². The van der Waals surface area contributed by atoms with Crippen molar-refractivity contribution in [3.8, 4) is 27.9 Å². The van der Waals surface area contributed by atoms with Crippen molar-refractivity contribution >= 4 is 17.6 Å². The number of benzene rings is 2. The maximum Gasteiger partial charge on any atom is 0.335 e. The number of carboxylic acid groups (broad SMARTS) is 1. The number of hydrogen-bond donors (Lipinski definition) is 3. The van der Waals surface area contributed by atoms with Crippen LogP contribution in [0.4, 0.5) is 4.39 Å². The van der Waals surface area contributed by atoms with Crippen molar-refractivity contribution in [2.24, 2.45) is 0 Å². The van der Waals surface area contributed by atoms with E-state index >= 15 is 4.39 Å². The van der Waals surface area contributed by atoms with E-state index in [0.717, 1.165) is 37.1 Å². The topological polar surface area (TPSA) is 143 Å². The van der Waals surface area contributed by atoms with Crippen LogP contribution in [0.1, 0.15) is 46.7 Å². The second-order valence-corrected chi connectivity index (χ2v) is 11.1. The monoisotopic (exact) mass is 625 g/mol. The van der Waals surface area contributed by atoms with Gasteiger partial charge in [0.05, 0.1) is 40.3 Å². The number of aromatic carboxylic acids is 1. The fraction of sp³-hybridized carbons (Fsp3) is 0.194. The van der Waals surface area contributed by atoms with Gasteiger partial charge in [-0.15, -0.1) is 9.78 Å². The third kappa shape index (κ3) is 5.58. The molecular weight excluding hydrogens is 599 g/mol. The number of aromatic amines is 1. The highest BCUT2D eigenvalue weighted by molar-refractivity contribution is 6.31. The van der Waals surface area contributed by atoms with Gasteiger partial charge in [-0.25, -0.2) is 13.9 Å². The Labute approximate surface area is 261 Å². The summed E-state index contributed by atoms with van der Waals surface area (Å²) in [6.07, 6.45) is 12.2. The smallest absolute Gasteiger partial charge is 0.335 e. The molecule has 7 rings (SSSR count). The van der Waals surface area contributed by atoms with Gasteiger partial charge in [0.15, 0.2) is 17.7 Å². The highest BCUT2D eigenvalue weighted by Crippen LogP contribution is 2.33. The van der Waals surface area contributed by atoms with Gasteiger partial charge in [-0.1, -0.05) is 40.2 Å². The van der Waals surface area contributed by atoms with Crippen molar-refractivity contribution in [3.63, 3.8) is 0 Å². The number of carboxylic acids is 1. The molecule has 0 aliphatic carbocycles. The van der Waals surface area contributed by atoms with Gasteiger partial charge in [0.2, 0.25) is 6.20 Å². The van der Waals surface area contributed by atoms with E-state index in [-0.39, 0.29) is 22.2 Å². The van der Waals surface area contributed by atoms with E-state index in [1.165, 1.54) is 6.07 Å². The first kappa shape index (κ1) is 28.5. The minimum atomic E-state index is -0.989. The summed E-state index contributed by atoms with van der Waals surface area (Å²) in [5.41, 5.74) is 4.39. The fourth-order valence-corrected chi connectivity index (χ4v) is 5.77. The molecule has 5 heterocycles. The Morgan fingerprint density at radius 2 is 1.80 bits per heavy atom. The summed E-state index contributed by atoms with van der Waals surface area (Å²) in [6.45, 7) is 1.82. The molecule has 45 heavy (non-hydrogen) atoms. The number of nitrogens with zero attached hydrogens (tertiary/aromatic N) is 8. The number of halogens is 2. The fourth-order valence-electron chi connectivity index (χ4n) is 5.62. The number of piperidine rings is 1. The Bertz CT molecular complexity index is 1950. The van der Waals surface area contributed by atoms with E-state index in [1.807, 2.05) is 23.1 Å². The quantitative estimate of drug-likeness (QED) is 0.213. The van der Waals surface area contributed by atoms with Gasteiger partial charge in [-0.2, -0.15) is 5.10 Å². The molecular formula is C31H27ClFN10O2+. The second kappa shape index (κ2) is 12.0. The normalized spacial score (nSPS) is 14.4. The van der Waals surface area contributed by atoms with Crippen molar-refractivity contribution in [1.82, 2.24) is 45.4 Å². The molecule has 0 saturated carbocycles. The number of hydrogen-bond acceptors (Lipinski definition) is 7. The third-order valence-electron chi connectivity index (χ3n) is 7.97. The zero-order chi connectivity index (χ0) is 30.9. The molecule has 1 aliphatic heterocycles.